The van der Waals surface area contributed by atoms with E-state index in [1.807, 2.05) is 13.0 Å². The van der Waals surface area contributed by atoms with E-state index in [9.17, 15) is 18.0 Å². The normalized spacial score (nSPS) is 21.1. The van der Waals surface area contributed by atoms with Crippen LogP contribution in [0.25, 0.3) is 5.69 Å². The Balaban J connectivity index is 1.64. The van der Waals surface area contributed by atoms with Gasteiger partial charge in [0, 0.05) is 23.5 Å². The molecule has 0 radical (unpaired) electrons. The fourth-order valence-corrected chi connectivity index (χ4v) is 3.28. The molecule has 2 atom stereocenters. The third kappa shape index (κ3) is 4.03. The molecule has 0 spiro atoms. The number of carbonyl (C=O) groups excluding carboxylic acids is 1. The first-order valence-electron chi connectivity index (χ1n) is 8.33. The summed E-state index contributed by atoms with van der Waals surface area (Å²) in [4.78, 5) is 12.3. The van der Waals surface area contributed by atoms with Crippen LogP contribution in [0.5, 0.6) is 0 Å². The number of amides is 1. The van der Waals surface area contributed by atoms with Gasteiger partial charge >= 0.3 is 6.18 Å². The Hall–Kier alpha value is -2.31. The van der Waals surface area contributed by atoms with E-state index in [0.29, 0.717) is 18.4 Å². The maximum Gasteiger partial charge on any atom is 0.391 e. The molecule has 1 fully saturated rings. The zero-order chi connectivity index (χ0) is 18.0. The van der Waals surface area contributed by atoms with E-state index >= 15 is 0 Å². The van der Waals surface area contributed by atoms with Crippen molar-refractivity contribution in [2.75, 3.05) is 0 Å². The van der Waals surface area contributed by atoms with Gasteiger partial charge in [-0.3, -0.25) is 4.79 Å². The van der Waals surface area contributed by atoms with Crippen molar-refractivity contribution in [2.24, 2.45) is 5.92 Å². The zero-order valence-corrected chi connectivity index (χ0v) is 13.9. The molecular formula is C18H20F3N3O. The number of nitrogens with zero attached hydrogens (tertiary/aromatic N) is 2. The Bertz CT molecular complexity index is 737. The number of halogens is 3. The van der Waals surface area contributed by atoms with Crippen LogP contribution in [0.3, 0.4) is 0 Å². The maximum absolute atomic E-state index is 12.9. The molecule has 0 saturated heterocycles. The maximum atomic E-state index is 12.9. The summed E-state index contributed by atoms with van der Waals surface area (Å²) in [6.45, 7) is 1.92. The minimum Gasteiger partial charge on any atom is -0.349 e. The van der Waals surface area contributed by atoms with Crippen LogP contribution in [0, 0.1) is 12.8 Å². The van der Waals surface area contributed by atoms with Gasteiger partial charge in [-0.05, 0) is 56.5 Å². The van der Waals surface area contributed by atoms with E-state index in [1.54, 1.807) is 35.1 Å². The monoisotopic (exact) mass is 351 g/mol. The zero-order valence-electron chi connectivity index (χ0n) is 13.9. The number of aryl methyl sites for hydroxylation is 1. The third-order valence-corrected chi connectivity index (χ3v) is 4.68. The molecule has 1 aliphatic carbocycles. The second kappa shape index (κ2) is 6.90. The van der Waals surface area contributed by atoms with Crippen LogP contribution in [-0.4, -0.2) is 27.9 Å². The first-order valence-corrected chi connectivity index (χ1v) is 8.33. The van der Waals surface area contributed by atoms with Crippen molar-refractivity contribution in [3.05, 3.63) is 47.8 Å². The van der Waals surface area contributed by atoms with Gasteiger partial charge in [-0.1, -0.05) is 6.42 Å². The van der Waals surface area contributed by atoms with Gasteiger partial charge in [0.15, 0.2) is 0 Å². The number of carbonyl (C=O) groups is 1. The van der Waals surface area contributed by atoms with Crippen molar-refractivity contribution in [2.45, 2.75) is 44.8 Å². The van der Waals surface area contributed by atoms with Crippen LogP contribution in [0.15, 0.2) is 36.5 Å². The van der Waals surface area contributed by atoms with Crippen molar-refractivity contribution >= 4 is 5.91 Å². The van der Waals surface area contributed by atoms with E-state index in [1.165, 1.54) is 0 Å². The van der Waals surface area contributed by atoms with Crippen molar-refractivity contribution in [3.8, 4) is 5.69 Å². The first-order chi connectivity index (χ1) is 11.8. The van der Waals surface area contributed by atoms with Gasteiger partial charge in [-0.25, -0.2) is 4.68 Å². The summed E-state index contributed by atoms with van der Waals surface area (Å²) in [5, 5.41) is 6.94. The lowest BCUT2D eigenvalue weighted by atomic mass is 9.85. The van der Waals surface area contributed by atoms with E-state index in [-0.39, 0.29) is 18.7 Å². The molecule has 1 N–H and O–H groups in total. The molecule has 1 aromatic carbocycles. The average Bonchev–Trinajstić information content (AvgIpc) is 3.00. The van der Waals surface area contributed by atoms with Crippen molar-refractivity contribution in [1.82, 2.24) is 15.1 Å². The standard InChI is InChI=1S/C18H20F3N3O/c1-12-9-10-22-24(12)16-7-5-13(6-8-16)17(25)23-15-4-2-3-14(11-15)18(19,20)21/h5-10,14-15H,2-4,11H2,1H3,(H,23,25). The number of hydrogen-bond donors (Lipinski definition) is 1. The van der Waals surface area contributed by atoms with Crippen LogP contribution >= 0.6 is 0 Å². The molecule has 1 amide bonds. The smallest absolute Gasteiger partial charge is 0.349 e. The number of alkyl halides is 3. The number of nitrogens with one attached hydrogen (secondary N) is 1. The molecule has 3 rings (SSSR count). The number of hydrogen-bond acceptors (Lipinski definition) is 2. The highest BCUT2D eigenvalue weighted by atomic mass is 19.4. The Morgan fingerprint density at radius 3 is 2.52 bits per heavy atom. The minimum atomic E-state index is -4.19. The Morgan fingerprint density at radius 2 is 1.92 bits per heavy atom. The molecule has 2 aromatic rings. The quantitative estimate of drug-likeness (QED) is 0.907. The molecule has 25 heavy (non-hydrogen) atoms. The van der Waals surface area contributed by atoms with E-state index < -0.39 is 18.1 Å². The number of benzene rings is 1. The molecule has 1 saturated carbocycles. The molecule has 2 unspecified atom stereocenters. The largest absolute Gasteiger partial charge is 0.391 e. The number of aromatic nitrogens is 2. The molecular weight excluding hydrogens is 331 g/mol. The molecule has 1 heterocycles. The second-order valence-electron chi connectivity index (χ2n) is 6.51. The summed E-state index contributed by atoms with van der Waals surface area (Å²) in [5.74, 6) is -1.66. The lowest BCUT2D eigenvalue weighted by molar-refractivity contribution is -0.183. The molecule has 134 valence electrons. The van der Waals surface area contributed by atoms with Gasteiger partial charge in [-0.2, -0.15) is 18.3 Å². The third-order valence-electron chi connectivity index (χ3n) is 4.68. The molecule has 1 aromatic heterocycles. The molecule has 4 nitrogen and oxygen atoms in total. The highest BCUT2D eigenvalue weighted by Crippen LogP contribution is 2.37. The van der Waals surface area contributed by atoms with Crippen LogP contribution in [0.2, 0.25) is 0 Å². The average molecular weight is 351 g/mol. The molecule has 1 aliphatic rings. The molecule has 0 bridgehead atoms. The summed E-state index contributed by atoms with van der Waals surface area (Å²) in [5.41, 5.74) is 2.23. The minimum absolute atomic E-state index is 0.0419. The lowest BCUT2D eigenvalue weighted by Gasteiger charge is -2.31. The van der Waals surface area contributed by atoms with E-state index in [0.717, 1.165) is 11.4 Å². The Morgan fingerprint density at radius 1 is 1.20 bits per heavy atom. The number of rotatable bonds is 3. The summed E-state index contributed by atoms with van der Waals surface area (Å²) < 4.78 is 40.3. The summed E-state index contributed by atoms with van der Waals surface area (Å²) in [7, 11) is 0. The Kier molecular flexibility index (Phi) is 4.83. The summed E-state index contributed by atoms with van der Waals surface area (Å²) >= 11 is 0. The first kappa shape index (κ1) is 17.5. The highest BCUT2D eigenvalue weighted by molar-refractivity contribution is 5.94. The predicted octanol–water partition coefficient (Wildman–Crippen LogP) is 4.03. The van der Waals surface area contributed by atoms with Crippen LogP contribution in [0.4, 0.5) is 13.2 Å². The molecule has 0 aliphatic heterocycles. The van der Waals surface area contributed by atoms with Crippen molar-refractivity contribution < 1.29 is 18.0 Å². The Labute approximate surface area is 144 Å². The summed E-state index contributed by atoms with van der Waals surface area (Å²) in [6, 6.07) is 8.32. The van der Waals surface area contributed by atoms with Crippen LogP contribution < -0.4 is 5.32 Å². The highest BCUT2D eigenvalue weighted by Gasteiger charge is 2.42. The SMILES string of the molecule is Cc1ccnn1-c1ccc(C(=O)NC2CCCC(C(F)(F)F)C2)cc1. The van der Waals surface area contributed by atoms with Crippen LogP contribution in [0.1, 0.15) is 41.7 Å². The lowest BCUT2D eigenvalue weighted by Crippen LogP contribution is -2.41. The second-order valence-corrected chi connectivity index (χ2v) is 6.51. The molecule has 7 heteroatoms. The van der Waals surface area contributed by atoms with Crippen molar-refractivity contribution in [1.29, 1.82) is 0 Å². The fourth-order valence-electron chi connectivity index (χ4n) is 3.28. The van der Waals surface area contributed by atoms with Gasteiger partial charge in [0.1, 0.15) is 0 Å². The van der Waals surface area contributed by atoms with Crippen molar-refractivity contribution in [3.63, 3.8) is 0 Å². The topological polar surface area (TPSA) is 46.9 Å². The van der Waals surface area contributed by atoms with E-state index in [4.69, 9.17) is 0 Å². The van der Waals surface area contributed by atoms with Gasteiger partial charge in [0.05, 0.1) is 11.6 Å². The summed E-state index contributed by atoms with van der Waals surface area (Å²) in [6.07, 6.45) is -1.33. The van der Waals surface area contributed by atoms with E-state index in [2.05, 4.69) is 10.4 Å². The van der Waals surface area contributed by atoms with Gasteiger partial charge in [0.2, 0.25) is 0 Å². The predicted molar refractivity (Wildman–Crippen MR) is 87.6 cm³/mol. The van der Waals surface area contributed by atoms with Gasteiger partial charge < -0.3 is 5.32 Å². The fraction of sp³-hybridized carbons (Fsp3) is 0.444. The van der Waals surface area contributed by atoms with Gasteiger partial charge in [-0.15, -0.1) is 0 Å². The van der Waals surface area contributed by atoms with Gasteiger partial charge in [0.25, 0.3) is 5.91 Å². The van der Waals surface area contributed by atoms with Crippen LogP contribution in [-0.2, 0) is 0 Å².